The molecule has 1 aromatic heterocycles. The molecule has 0 spiro atoms. The summed E-state index contributed by atoms with van der Waals surface area (Å²) < 4.78 is 37.5. The highest BCUT2D eigenvalue weighted by Gasteiger charge is 2.49. The minimum Gasteiger partial charge on any atom is -0.508 e. The Bertz CT molecular complexity index is 1710. The number of hydrogen-bond acceptors (Lipinski definition) is 8. The lowest BCUT2D eigenvalue weighted by molar-refractivity contribution is 0.107. The number of hydrogen-bond donors (Lipinski definition) is 3. The van der Waals surface area contributed by atoms with Crippen LogP contribution in [0.3, 0.4) is 0 Å². The molecule has 2 bridgehead atoms. The Hall–Kier alpha value is -3.76. The molecule has 4 aliphatic rings. The van der Waals surface area contributed by atoms with Gasteiger partial charge in [0, 0.05) is 54.8 Å². The highest BCUT2D eigenvalue weighted by molar-refractivity contribution is 6.05. The lowest BCUT2D eigenvalue weighted by atomic mass is 9.94. The van der Waals surface area contributed by atoms with Crippen molar-refractivity contribution < 1.29 is 18.6 Å². The van der Waals surface area contributed by atoms with Crippen molar-refractivity contribution in [2.75, 3.05) is 43.4 Å². The minimum atomic E-state index is -0.876. The van der Waals surface area contributed by atoms with E-state index in [0.717, 1.165) is 56.1 Å². The second kappa shape index (κ2) is 9.64. The zero-order valence-electron chi connectivity index (χ0n) is 23.3. The molecule has 4 fully saturated rings. The van der Waals surface area contributed by atoms with Gasteiger partial charge >= 0.3 is 6.01 Å². The molecule has 4 saturated heterocycles. The topological polar surface area (TPSA) is 99.8 Å². The summed E-state index contributed by atoms with van der Waals surface area (Å²) in [6, 6.07) is 13.2. The Morgan fingerprint density at radius 2 is 1.88 bits per heavy atom. The van der Waals surface area contributed by atoms with E-state index in [1.165, 1.54) is 6.07 Å². The van der Waals surface area contributed by atoms with Gasteiger partial charge in [-0.05, 0) is 66.8 Å². The van der Waals surface area contributed by atoms with Gasteiger partial charge in [-0.3, -0.25) is 4.90 Å². The predicted octanol–water partition coefficient (Wildman–Crippen LogP) is 4.77. The maximum atomic E-state index is 16.8. The van der Waals surface area contributed by atoms with Crippen molar-refractivity contribution in [1.29, 1.82) is 0 Å². The molecule has 0 radical (unpaired) electrons. The number of phenols is 1. The summed E-state index contributed by atoms with van der Waals surface area (Å²) in [7, 11) is 0. The second-order valence-corrected chi connectivity index (χ2v) is 12.5. The summed E-state index contributed by atoms with van der Waals surface area (Å²) in [6.45, 7) is 3.01. The molecule has 218 valence electrons. The van der Waals surface area contributed by atoms with Crippen LogP contribution in [0.2, 0.25) is 0 Å². The first kappa shape index (κ1) is 25.9. The molecule has 0 aliphatic carbocycles. The Morgan fingerprint density at radius 1 is 1.07 bits per heavy atom. The number of nitrogens with zero attached hydrogens (tertiary/aromatic N) is 4. The van der Waals surface area contributed by atoms with Gasteiger partial charge in [-0.1, -0.05) is 24.3 Å². The second-order valence-electron chi connectivity index (χ2n) is 12.5. The lowest BCUT2D eigenvalue weighted by Crippen LogP contribution is -2.51. The summed E-state index contributed by atoms with van der Waals surface area (Å²) in [6.07, 6.45) is 3.57. The van der Waals surface area contributed by atoms with Crippen molar-refractivity contribution in [1.82, 2.24) is 20.2 Å². The van der Waals surface area contributed by atoms with Gasteiger partial charge in [-0.25, -0.2) is 8.78 Å². The monoisotopic (exact) mass is 572 g/mol. The SMILES string of the molecule is Nc1cc2c(N3C[C@H]4CC[C@@H](C3)N4)nc(OC[C@@]34CCCN3C[C@H](F)C4)nc2c(F)c1-c1cc(O)cc2ccccc12. The molecule has 4 aromatic rings. The number of nitrogens with two attached hydrogens (primary N) is 1. The molecule has 10 heteroatoms. The number of nitrogens with one attached hydrogen (secondary N) is 1. The first-order chi connectivity index (χ1) is 20.4. The molecule has 5 heterocycles. The smallest absolute Gasteiger partial charge is 0.319 e. The molecule has 42 heavy (non-hydrogen) atoms. The largest absolute Gasteiger partial charge is 0.508 e. The fourth-order valence-electron chi connectivity index (χ4n) is 7.91. The highest BCUT2D eigenvalue weighted by Crippen LogP contribution is 2.43. The molecule has 3 aromatic carbocycles. The van der Waals surface area contributed by atoms with Crippen LogP contribution in [0.1, 0.15) is 32.1 Å². The Labute approximate surface area is 242 Å². The number of aromatic hydroxyl groups is 1. The van der Waals surface area contributed by atoms with Crippen molar-refractivity contribution in [2.24, 2.45) is 0 Å². The van der Waals surface area contributed by atoms with E-state index < -0.39 is 12.0 Å². The zero-order chi connectivity index (χ0) is 28.6. The van der Waals surface area contributed by atoms with Crippen LogP contribution in [0.15, 0.2) is 42.5 Å². The van der Waals surface area contributed by atoms with Crippen LogP contribution < -0.4 is 20.7 Å². The van der Waals surface area contributed by atoms with Gasteiger partial charge in [0.25, 0.3) is 0 Å². The van der Waals surface area contributed by atoms with Crippen LogP contribution >= 0.6 is 0 Å². The minimum absolute atomic E-state index is 0.0226. The van der Waals surface area contributed by atoms with Gasteiger partial charge < -0.3 is 25.8 Å². The number of halogens is 2. The summed E-state index contributed by atoms with van der Waals surface area (Å²) in [5.74, 6) is 0.0361. The van der Waals surface area contributed by atoms with E-state index in [-0.39, 0.29) is 40.7 Å². The van der Waals surface area contributed by atoms with Crippen molar-refractivity contribution >= 4 is 33.2 Å². The number of nitrogen functional groups attached to an aromatic ring is 1. The normalized spacial score (nSPS) is 27.3. The van der Waals surface area contributed by atoms with Crippen LogP contribution in [0.5, 0.6) is 11.8 Å². The van der Waals surface area contributed by atoms with Gasteiger partial charge in [0.05, 0.1) is 5.54 Å². The number of rotatable bonds is 5. The number of fused-ring (bicyclic) bond motifs is 5. The number of piperazine rings is 1. The van der Waals surface area contributed by atoms with Crippen LogP contribution in [-0.2, 0) is 0 Å². The Balaban J connectivity index is 1.27. The summed E-state index contributed by atoms with van der Waals surface area (Å²) in [5, 5.41) is 16.2. The van der Waals surface area contributed by atoms with Crippen molar-refractivity contribution in [3.8, 4) is 22.9 Å². The van der Waals surface area contributed by atoms with E-state index in [1.54, 1.807) is 12.1 Å². The Morgan fingerprint density at radius 3 is 2.71 bits per heavy atom. The maximum Gasteiger partial charge on any atom is 0.319 e. The third-order valence-electron chi connectivity index (χ3n) is 9.78. The van der Waals surface area contributed by atoms with Crippen molar-refractivity contribution in [3.63, 3.8) is 0 Å². The van der Waals surface area contributed by atoms with E-state index >= 15 is 4.39 Å². The number of phenolic OH excluding ortho intramolecular Hbond substituents is 1. The molecular weight excluding hydrogens is 538 g/mol. The van der Waals surface area contributed by atoms with E-state index in [2.05, 4.69) is 20.1 Å². The van der Waals surface area contributed by atoms with Gasteiger partial charge in [0.2, 0.25) is 0 Å². The number of benzene rings is 3. The van der Waals surface area contributed by atoms with E-state index in [4.69, 9.17) is 15.5 Å². The highest BCUT2D eigenvalue weighted by atomic mass is 19.1. The molecule has 0 unspecified atom stereocenters. The van der Waals surface area contributed by atoms with Gasteiger partial charge in [0.15, 0.2) is 5.82 Å². The Kier molecular flexibility index (Phi) is 5.95. The maximum absolute atomic E-state index is 16.8. The van der Waals surface area contributed by atoms with Gasteiger partial charge in [-0.2, -0.15) is 9.97 Å². The first-order valence-corrected chi connectivity index (χ1v) is 14.9. The molecule has 0 amide bonds. The summed E-state index contributed by atoms with van der Waals surface area (Å²) in [5.41, 5.74) is 7.25. The van der Waals surface area contributed by atoms with E-state index in [0.29, 0.717) is 41.8 Å². The standard InChI is InChI=1S/C32H34F2N6O2/c33-19-13-32(8-3-9-40(32)14-19)17-42-31-37-29-25(30(38-31)39-15-20-6-7-21(16-39)36-20)12-26(35)27(28(29)34)24-11-22(41)10-18-4-1-2-5-23(18)24/h1-2,4-5,10-12,19-21,36,41H,3,6-9,13-17,35H2/t19-,20-,21+,32+/m1/s1. The fourth-order valence-corrected chi connectivity index (χ4v) is 7.91. The number of ether oxygens (including phenoxy) is 1. The third-order valence-corrected chi connectivity index (χ3v) is 9.78. The fraction of sp³-hybridized carbons (Fsp3) is 0.438. The lowest BCUT2D eigenvalue weighted by Gasteiger charge is -2.34. The number of anilines is 2. The average Bonchev–Trinajstić information content (AvgIpc) is 3.62. The van der Waals surface area contributed by atoms with Crippen molar-refractivity contribution in [2.45, 2.75) is 55.9 Å². The molecule has 8 nitrogen and oxygen atoms in total. The molecular formula is C32H34F2N6O2. The van der Waals surface area contributed by atoms with E-state index in [1.807, 2.05) is 24.3 Å². The number of alkyl halides is 1. The summed E-state index contributed by atoms with van der Waals surface area (Å²) >= 11 is 0. The molecule has 8 rings (SSSR count). The van der Waals surface area contributed by atoms with Gasteiger partial charge in [-0.15, -0.1) is 0 Å². The molecule has 4 aliphatic heterocycles. The van der Waals surface area contributed by atoms with Crippen LogP contribution in [-0.4, -0.2) is 76.6 Å². The predicted molar refractivity (Wildman–Crippen MR) is 159 cm³/mol. The van der Waals surface area contributed by atoms with Crippen molar-refractivity contribution in [3.05, 3.63) is 48.3 Å². The average molecular weight is 573 g/mol. The molecule has 4 atom stereocenters. The van der Waals surface area contributed by atoms with E-state index in [9.17, 15) is 9.50 Å². The molecule has 4 N–H and O–H groups in total. The number of aromatic nitrogens is 2. The van der Waals surface area contributed by atoms with Crippen LogP contribution in [0.25, 0.3) is 32.8 Å². The van der Waals surface area contributed by atoms with Gasteiger partial charge in [0.1, 0.15) is 29.9 Å². The molecule has 0 saturated carbocycles. The quantitative estimate of drug-likeness (QED) is 0.294. The van der Waals surface area contributed by atoms with Crippen LogP contribution in [0, 0.1) is 5.82 Å². The zero-order valence-corrected chi connectivity index (χ0v) is 23.3. The van der Waals surface area contributed by atoms with Crippen LogP contribution in [0.4, 0.5) is 20.3 Å². The summed E-state index contributed by atoms with van der Waals surface area (Å²) in [4.78, 5) is 13.8. The first-order valence-electron chi connectivity index (χ1n) is 14.9. The third kappa shape index (κ3) is 4.14.